The van der Waals surface area contributed by atoms with Crippen molar-refractivity contribution in [2.45, 2.75) is 5.60 Å². The van der Waals surface area contributed by atoms with Crippen molar-refractivity contribution < 1.29 is 9.84 Å². The van der Waals surface area contributed by atoms with Gasteiger partial charge in [-0.05, 0) is 30.3 Å². The Morgan fingerprint density at radius 2 is 1.61 bits per heavy atom. The fraction of sp³-hybridized carbons (Fsp3) is 0.211. The molecule has 2 aromatic rings. The zero-order valence-corrected chi connectivity index (χ0v) is 13.1. The van der Waals surface area contributed by atoms with E-state index in [1.807, 2.05) is 60.7 Å². The van der Waals surface area contributed by atoms with Crippen molar-refractivity contribution in [3.8, 4) is 0 Å². The number of nitrogens with zero attached hydrogens (tertiary/aromatic N) is 2. The van der Waals surface area contributed by atoms with Crippen LogP contribution < -0.4 is 4.90 Å². The first-order valence-corrected chi connectivity index (χ1v) is 7.57. The fourth-order valence-electron chi connectivity index (χ4n) is 2.75. The molecule has 23 heavy (non-hydrogen) atoms. The number of para-hydroxylation sites is 2. The normalized spacial score (nSPS) is 20.0. The van der Waals surface area contributed by atoms with Crippen LogP contribution in [0.1, 0.15) is 0 Å². The van der Waals surface area contributed by atoms with E-state index in [4.69, 9.17) is 4.74 Å². The summed E-state index contributed by atoms with van der Waals surface area (Å²) in [7, 11) is 1.57. The van der Waals surface area contributed by atoms with Gasteiger partial charge in [0, 0.05) is 17.6 Å². The fourth-order valence-corrected chi connectivity index (χ4v) is 2.75. The van der Waals surface area contributed by atoms with Crippen molar-refractivity contribution in [3.05, 3.63) is 72.5 Å². The number of benzene rings is 2. The van der Waals surface area contributed by atoms with Gasteiger partial charge in [-0.25, -0.2) is 0 Å². The molecular formula is C19H20N2O2. The van der Waals surface area contributed by atoms with Crippen LogP contribution in [0.15, 0.2) is 77.5 Å². The van der Waals surface area contributed by atoms with Crippen LogP contribution in [0.3, 0.4) is 0 Å². The third-order valence-corrected chi connectivity index (χ3v) is 3.92. The number of anilines is 2. The molecule has 0 aromatic heterocycles. The average Bonchev–Trinajstić information content (AvgIpc) is 2.62. The highest BCUT2D eigenvalue weighted by molar-refractivity contribution is 5.74. The summed E-state index contributed by atoms with van der Waals surface area (Å²) in [5.41, 5.74) is 0.865. The van der Waals surface area contributed by atoms with E-state index in [9.17, 15) is 5.11 Å². The van der Waals surface area contributed by atoms with E-state index in [1.54, 1.807) is 19.4 Å². The molecule has 0 saturated heterocycles. The summed E-state index contributed by atoms with van der Waals surface area (Å²) >= 11 is 0. The lowest BCUT2D eigenvalue weighted by atomic mass is 9.97. The van der Waals surface area contributed by atoms with Gasteiger partial charge in [0.05, 0.1) is 20.2 Å². The third kappa shape index (κ3) is 3.27. The van der Waals surface area contributed by atoms with Gasteiger partial charge in [0.25, 0.3) is 0 Å². The van der Waals surface area contributed by atoms with Crippen molar-refractivity contribution >= 4 is 17.6 Å². The number of ether oxygens (including phenoxy) is 1. The summed E-state index contributed by atoms with van der Waals surface area (Å²) < 4.78 is 5.37. The van der Waals surface area contributed by atoms with Crippen LogP contribution in [-0.4, -0.2) is 37.1 Å². The molecule has 1 unspecified atom stereocenters. The predicted molar refractivity (Wildman–Crippen MR) is 93.3 cm³/mol. The van der Waals surface area contributed by atoms with Crippen molar-refractivity contribution in [1.82, 2.24) is 0 Å². The Kier molecular flexibility index (Phi) is 4.44. The van der Waals surface area contributed by atoms with E-state index in [1.165, 1.54) is 0 Å². The largest absolute Gasteiger partial charge is 0.498 e. The second-order valence-corrected chi connectivity index (χ2v) is 5.51. The quantitative estimate of drug-likeness (QED) is 0.923. The summed E-state index contributed by atoms with van der Waals surface area (Å²) in [6, 6.07) is 20.0. The molecule has 4 heteroatoms. The van der Waals surface area contributed by atoms with E-state index in [0.29, 0.717) is 12.3 Å². The smallest absolute Gasteiger partial charge is 0.158 e. The molecule has 1 aliphatic rings. The summed E-state index contributed by atoms with van der Waals surface area (Å²) in [5.74, 6) is 0.532. The zero-order chi connectivity index (χ0) is 16.1. The van der Waals surface area contributed by atoms with Crippen LogP contribution in [0.2, 0.25) is 0 Å². The standard InChI is InChI=1S/C19H20N2O2/c1-23-18-12-13-20-14-19(18,22)15-21(16-8-4-2-5-9-16)17-10-6-3-7-11-17/h2-13,22H,14-15H2,1H3. The SMILES string of the molecule is COC1=CC=NCC1(O)CN(c1ccccc1)c1ccccc1. The summed E-state index contributed by atoms with van der Waals surface area (Å²) in [6.07, 6.45) is 3.39. The molecule has 0 bridgehead atoms. The molecule has 118 valence electrons. The molecule has 1 heterocycles. The van der Waals surface area contributed by atoms with E-state index in [0.717, 1.165) is 11.4 Å². The molecule has 1 aliphatic heterocycles. The number of rotatable bonds is 5. The molecule has 0 fully saturated rings. The molecular weight excluding hydrogens is 288 g/mol. The van der Waals surface area contributed by atoms with Crippen LogP contribution in [0, 0.1) is 0 Å². The third-order valence-electron chi connectivity index (χ3n) is 3.92. The molecule has 0 radical (unpaired) electrons. The number of allylic oxidation sites excluding steroid dienone is 1. The van der Waals surface area contributed by atoms with Gasteiger partial charge in [0.15, 0.2) is 5.60 Å². The van der Waals surface area contributed by atoms with Gasteiger partial charge in [-0.3, -0.25) is 4.99 Å². The van der Waals surface area contributed by atoms with E-state index in [-0.39, 0.29) is 6.54 Å². The number of methoxy groups -OCH3 is 1. The lowest BCUT2D eigenvalue weighted by Gasteiger charge is -2.36. The topological polar surface area (TPSA) is 45.1 Å². The Bertz CT molecular complexity index is 658. The first kappa shape index (κ1) is 15.3. The van der Waals surface area contributed by atoms with Gasteiger partial charge in [0.2, 0.25) is 0 Å². The molecule has 0 aliphatic carbocycles. The molecule has 0 saturated carbocycles. The van der Waals surface area contributed by atoms with E-state index in [2.05, 4.69) is 9.89 Å². The maximum atomic E-state index is 11.1. The molecule has 4 nitrogen and oxygen atoms in total. The minimum atomic E-state index is -1.16. The molecule has 0 amide bonds. The second-order valence-electron chi connectivity index (χ2n) is 5.51. The number of hydrogen-bond acceptors (Lipinski definition) is 4. The van der Waals surface area contributed by atoms with E-state index < -0.39 is 5.60 Å². The Balaban J connectivity index is 1.97. The molecule has 1 atom stereocenters. The van der Waals surface area contributed by atoms with Crippen molar-refractivity contribution in [2.24, 2.45) is 4.99 Å². The average molecular weight is 308 g/mol. The first-order chi connectivity index (χ1) is 11.2. The molecule has 1 N–H and O–H groups in total. The van der Waals surface area contributed by atoms with Crippen molar-refractivity contribution in [2.75, 3.05) is 25.1 Å². The Morgan fingerprint density at radius 3 is 2.13 bits per heavy atom. The number of aliphatic hydroxyl groups is 1. The molecule has 3 rings (SSSR count). The van der Waals surface area contributed by atoms with Gasteiger partial charge in [0.1, 0.15) is 5.76 Å². The van der Waals surface area contributed by atoms with E-state index >= 15 is 0 Å². The summed E-state index contributed by atoms with van der Waals surface area (Å²) in [6.45, 7) is 0.640. The minimum Gasteiger partial charge on any atom is -0.498 e. The highest BCUT2D eigenvalue weighted by Gasteiger charge is 2.37. The van der Waals surface area contributed by atoms with Gasteiger partial charge in [-0.15, -0.1) is 0 Å². The highest BCUT2D eigenvalue weighted by Crippen LogP contribution is 2.30. The first-order valence-electron chi connectivity index (χ1n) is 7.57. The Hall–Kier alpha value is -2.59. The lowest BCUT2D eigenvalue weighted by molar-refractivity contribution is 0.0371. The number of aliphatic imine (C=N–C) groups is 1. The molecule has 0 spiro atoms. The van der Waals surface area contributed by atoms with Crippen LogP contribution >= 0.6 is 0 Å². The zero-order valence-electron chi connectivity index (χ0n) is 13.1. The second kappa shape index (κ2) is 6.67. The van der Waals surface area contributed by atoms with Crippen molar-refractivity contribution in [1.29, 1.82) is 0 Å². The lowest BCUT2D eigenvalue weighted by Crippen LogP contribution is -2.47. The monoisotopic (exact) mass is 308 g/mol. The predicted octanol–water partition coefficient (Wildman–Crippen LogP) is 3.17. The van der Waals surface area contributed by atoms with Crippen LogP contribution in [-0.2, 0) is 4.74 Å². The summed E-state index contributed by atoms with van der Waals surface area (Å²) in [4.78, 5) is 6.29. The molecule has 2 aromatic carbocycles. The van der Waals surface area contributed by atoms with Crippen molar-refractivity contribution in [3.63, 3.8) is 0 Å². The minimum absolute atomic E-state index is 0.281. The highest BCUT2D eigenvalue weighted by atomic mass is 16.5. The number of dihydropyridines is 1. The van der Waals surface area contributed by atoms with Gasteiger partial charge in [-0.1, -0.05) is 36.4 Å². The Labute approximate surface area is 136 Å². The van der Waals surface area contributed by atoms with Crippen LogP contribution in [0.4, 0.5) is 11.4 Å². The van der Waals surface area contributed by atoms with Gasteiger partial charge < -0.3 is 14.7 Å². The maximum Gasteiger partial charge on any atom is 0.158 e. The van der Waals surface area contributed by atoms with Gasteiger partial charge in [-0.2, -0.15) is 0 Å². The number of hydrogen-bond donors (Lipinski definition) is 1. The van der Waals surface area contributed by atoms with Crippen LogP contribution in [0.25, 0.3) is 0 Å². The maximum absolute atomic E-state index is 11.1. The summed E-state index contributed by atoms with van der Waals surface area (Å²) in [5, 5.41) is 11.1. The van der Waals surface area contributed by atoms with Crippen LogP contribution in [0.5, 0.6) is 0 Å². The Morgan fingerprint density at radius 1 is 1.04 bits per heavy atom. The van der Waals surface area contributed by atoms with Gasteiger partial charge >= 0.3 is 0 Å².